The first-order chi connectivity index (χ1) is 24.9. The summed E-state index contributed by atoms with van der Waals surface area (Å²) in [5.74, 6) is -0.641. The molecule has 1 saturated carbocycles. The summed E-state index contributed by atoms with van der Waals surface area (Å²) in [7, 11) is -1.15. The predicted octanol–water partition coefficient (Wildman–Crippen LogP) is 4.75. The lowest BCUT2D eigenvalue weighted by atomic mass is 9.68. The first-order valence-electron chi connectivity index (χ1n) is 17.9. The van der Waals surface area contributed by atoms with Crippen molar-refractivity contribution in [2.75, 3.05) is 45.3 Å². The highest BCUT2D eigenvalue weighted by atomic mass is 35.5. The Balaban J connectivity index is 1.34. The Labute approximate surface area is 310 Å². The Hall–Kier alpha value is -3.97. The fourth-order valence-corrected chi connectivity index (χ4v) is 9.53. The van der Waals surface area contributed by atoms with Gasteiger partial charge in [-0.15, -0.1) is 0 Å². The normalized spacial score (nSPS) is 28.5. The zero-order valence-electron chi connectivity index (χ0n) is 29.5. The van der Waals surface area contributed by atoms with Crippen molar-refractivity contribution in [3.63, 3.8) is 0 Å². The second-order valence-corrected chi connectivity index (χ2v) is 16.7. The van der Waals surface area contributed by atoms with Crippen LogP contribution in [0.2, 0.25) is 5.02 Å². The van der Waals surface area contributed by atoms with Crippen LogP contribution >= 0.6 is 11.6 Å². The summed E-state index contributed by atoms with van der Waals surface area (Å²) in [5, 5.41) is 12.7. The van der Waals surface area contributed by atoms with Gasteiger partial charge in [0.15, 0.2) is 10.6 Å². The molecule has 276 valence electrons. The number of rotatable bonds is 4. The predicted molar refractivity (Wildman–Crippen MR) is 197 cm³/mol. The number of carbonyl (C=O) groups is 2. The molecule has 2 aromatic carbocycles. The molecule has 13 heteroatoms. The summed E-state index contributed by atoms with van der Waals surface area (Å²) in [6, 6.07) is 15.3. The highest BCUT2D eigenvalue weighted by molar-refractivity contribution is 7.90. The summed E-state index contributed by atoms with van der Waals surface area (Å²) >= 11 is 6.45. The van der Waals surface area contributed by atoms with E-state index in [0.717, 1.165) is 32.1 Å². The highest BCUT2D eigenvalue weighted by Gasteiger charge is 2.47. The van der Waals surface area contributed by atoms with E-state index in [4.69, 9.17) is 21.1 Å². The molecule has 2 aliphatic carbocycles. The van der Waals surface area contributed by atoms with Crippen molar-refractivity contribution in [1.29, 1.82) is 0 Å². The number of aryl methyl sites for hydroxylation is 1. The topological polar surface area (TPSA) is 138 Å². The first-order valence-corrected chi connectivity index (χ1v) is 19.7. The zero-order valence-corrected chi connectivity index (χ0v) is 31.0. The number of carbonyl (C=O) groups excluding carboxylic acids is 2. The number of hydrogen-bond donors (Lipinski definition) is 2. The van der Waals surface area contributed by atoms with Gasteiger partial charge < -0.3 is 24.4 Å². The van der Waals surface area contributed by atoms with Crippen molar-refractivity contribution in [3.05, 3.63) is 94.7 Å². The number of benzene rings is 2. The minimum Gasteiger partial charge on any atom is -0.490 e. The number of hydrogen-bond acceptors (Lipinski definition) is 9. The molecular formula is C39H45ClN4O7S. The molecule has 3 heterocycles. The van der Waals surface area contributed by atoms with Crippen LogP contribution in [0.5, 0.6) is 5.75 Å². The number of sulfonamides is 1. The fourth-order valence-electron chi connectivity index (χ4n) is 8.36. The molecule has 2 amide bonds. The van der Waals surface area contributed by atoms with Crippen LogP contribution in [0.3, 0.4) is 0 Å². The second-order valence-electron chi connectivity index (χ2n) is 14.7. The lowest BCUT2D eigenvalue weighted by Crippen LogP contribution is -2.50. The summed E-state index contributed by atoms with van der Waals surface area (Å²) in [4.78, 5) is 35.4. The number of pyridine rings is 1. The third-order valence-electron chi connectivity index (χ3n) is 11.4. The number of nitrogens with one attached hydrogen (secondary N) is 1. The van der Waals surface area contributed by atoms with E-state index in [-0.39, 0.29) is 33.9 Å². The number of halogens is 1. The van der Waals surface area contributed by atoms with E-state index in [1.807, 2.05) is 22.9 Å². The number of ether oxygens (including phenoxy) is 2. The van der Waals surface area contributed by atoms with Crippen molar-refractivity contribution in [2.24, 2.45) is 11.8 Å². The maximum Gasteiger partial charge on any atom is 0.281 e. The van der Waals surface area contributed by atoms with Gasteiger partial charge in [-0.1, -0.05) is 42.0 Å². The Morgan fingerprint density at radius 2 is 2.00 bits per heavy atom. The molecule has 5 atom stereocenters. The van der Waals surface area contributed by atoms with Gasteiger partial charge in [0.1, 0.15) is 5.75 Å². The lowest BCUT2D eigenvalue weighted by Gasteiger charge is -2.46. The van der Waals surface area contributed by atoms with E-state index in [0.29, 0.717) is 49.1 Å². The molecule has 1 fully saturated rings. The molecule has 0 unspecified atom stereocenters. The van der Waals surface area contributed by atoms with Crippen LogP contribution < -0.4 is 14.4 Å². The number of aromatic nitrogens is 1. The quantitative estimate of drug-likeness (QED) is 0.362. The minimum atomic E-state index is -4.48. The molecule has 2 N–H and O–H groups in total. The Morgan fingerprint density at radius 3 is 2.75 bits per heavy atom. The van der Waals surface area contributed by atoms with Crippen molar-refractivity contribution in [1.82, 2.24) is 14.6 Å². The van der Waals surface area contributed by atoms with Crippen LogP contribution in [-0.4, -0.2) is 81.7 Å². The number of amides is 2. The van der Waals surface area contributed by atoms with Crippen LogP contribution in [0.25, 0.3) is 0 Å². The number of anilines is 1. The largest absolute Gasteiger partial charge is 0.490 e. The monoisotopic (exact) mass is 748 g/mol. The summed E-state index contributed by atoms with van der Waals surface area (Å²) in [5.41, 5.74) is 0.235. The van der Waals surface area contributed by atoms with Gasteiger partial charge in [-0.3, -0.25) is 9.59 Å². The number of aliphatic hydroxyl groups is 1. The van der Waals surface area contributed by atoms with Gasteiger partial charge in [0, 0.05) is 50.4 Å². The number of methoxy groups -OCH3 is 1. The van der Waals surface area contributed by atoms with Gasteiger partial charge in [-0.05, 0) is 103 Å². The first kappa shape index (κ1) is 36.4. The average Bonchev–Trinajstić information content (AvgIpc) is 3.27. The maximum absolute atomic E-state index is 14.1. The van der Waals surface area contributed by atoms with Gasteiger partial charge in [0.2, 0.25) is 5.91 Å². The highest BCUT2D eigenvalue weighted by Crippen LogP contribution is 2.48. The molecule has 52 heavy (non-hydrogen) atoms. The van der Waals surface area contributed by atoms with Crippen LogP contribution in [0.1, 0.15) is 55.2 Å². The zero-order chi connectivity index (χ0) is 36.7. The van der Waals surface area contributed by atoms with Gasteiger partial charge in [0.05, 0.1) is 24.8 Å². The van der Waals surface area contributed by atoms with E-state index >= 15 is 0 Å². The summed E-state index contributed by atoms with van der Waals surface area (Å²) < 4.78 is 41.2. The molecule has 3 aromatic rings. The Bertz CT molecular complexity index is 1980. The third kappa shape index (κ3) is 6.93. The van der Waals surface area contributed by atoms with Gasteiger partial charge in [0.25, 0.3) is 15.9 Å². The SMILES string of the molecule is CO[C@H]1/C=C/CCN(C)C(=O)C[C@](O)(C(=O)NS(=O)(=O)c2ccccn2)c2ccc3c(c2)N(C[C@@H]2CC[C@H]21)C[C@@]1(CCCc2cc(Cl)ccc21)CO3. The smallest absolute Gasteiger partial charge is 0.281 e. The van der Waals surface area contributed by atoms with E-state index in [1.165, 1.54) is 34.4 Å². The van der Waals surface area contributed by atoms with E-state index < -0.39 is 33.9 Å². The maximum atomic E-state index is 14.1. The third-order valence-corrected chi connectivity index (χ3v) is 12.9. The number of nitrogens with zero attached hydrogens (tertiary/aromatic N) is 3. The standard InChI is InChI=1S/C39H45ClN4O7S/c1-43-19-6-4-9-33(50-2)30-14-11-27(30)23-44-24-38(17-7-8-26-20-29(40)13-15-31(26)38)25-51-34-16-12-28(21-32(34)44)39(47,22-36(43)45)37(46)42-52(48,49)35-10-3-5-18-41-35/h3-5,9-10,12-13,15-16,18,20-21,27,30,33,47H,6-8,11,14,17,19,22-25H2,1-2H3,(H,42,46)/b9-4+/t27-,30+,33-,38-,39+/m0/s1. The second kappa shape index (κ2) is 14.5. The van der Waals surface area contributed by atoms with Crippen LogP contribution in [-0.2, 0) is 41.8 Å². The van der Waals surface area contributed by atoms with Gasteiger partial charge in [-0.25, -0.2) is 9.71 Å². The molecule has 2 bridgehead atoms. The van der Waals surface area contributed by atoms with Crippen LogP contribution in [0, 0.1) is 11.8 Å². The van der Waals surface area contributed by atoms with Crippen LogP contribution in [0.4, 0.5) is 5.69 Å². The van der Waals surface area contributed by atoms with Crippen LogP contribution in [0.15, 0.2) is 78.0 Å². The van der Waals surface area contributed by atoms with Crippen molar-refractivity contribution in [2.45, 2.75) is 67.1 Å². The molecule has 1 aromatic heterocycles. The summed E-state index contributed by atoms with van der Waals surface area (Å²) in [6.45, 7) is 2.01. The molecule has 0 radical (unpaired) electrons. The lowest BCUT2D eigenvalue weighted by molar-refractivity contribution is -0.148. The Morgan fingerprint density at radius 1 is 1.15 bits per heavy atom. The van der Waals surface area contributed by atoms with Crippen molar-refractivity contribution < 1.29 is 32.6 Å². The molecular weight excluding hydrogens is 704 g/mol. The molecule has 0 saturated heterocycles. The molecule has 4 aliphatic rings. The van der Waals surface area contributed by atoms with E-state index in [2.05, 4.69) is 22.0 Å². The van der Waals surface area contributed by atoms with Gasteiger partial charge in [-0.2, -0.15) is 8.42 Å². The van der Waals surface area contributed by atoms with Gasteiger partial charge >= 0.3 is 0 Å². The van der Waals surface area contributed by atoms with Crippen molar-refractivity contribution >= 4 is 39.1 Å². The fraction of sp³-hybridized carbons (Fsp3) is 0.462. The molecule has 11 nitrogen and oxygen atoms in total. The van der Waals surface area contributed by atoms with E-state index in [9.17, 15) is 23.1 Å². The van der Waals surface area contributed by atoms with E-state index in [1.54, 1.807) is 38.4 Å². The minimum absolute atomic E-state index is 0.0778. The average molecular weight is 749 g/mol. The number of fused-ring (bicyclic) bond motifs is 4. The molecule has 1 spiro atoms. The molecule has 7 rings (SSSR count). The summed E-state index contributed by atoms with van der Waals surface area (Å²) in [6.07, 6.45) is 9.96. The van der Waals surface area contributed by atoms with Crippen molar-refractivity contribution in [3.8, 4) is 5.75 Å². The molecule has 2 aliphatic heterocycles. The Kier molecular flexibility index (Phi) is 10.1.